The molecule has 0 aliphatic carbocycles. The van der Waals surface area contributed by atoms with Crippen molar-refractivity contribution in [2.75, 3.05) is 18.2 Å². The summed E-state index contributed by atoms with van der Waals surface area (Å²) in [6.45, 7) is 0. The average molecular weight is 346 g/mol. The summed E-state index contributed by atoms with van der Waals surface area (Å²) >= 11 is 17.9. The standard InChI is InChI=1S/C14H11Cl3N2O2/c1-21-12-3-2-7(4-11(12)18)14(20)19-13-9(16)5-8(15)6-10(13)17/h2-6H,18H2,1H3,(H,19,20). The van der Waals surface area contributed by atoms with Gasteiger partial charge in [-0.3, -0.25) is 4.79 Å². The maximum absolute atomic E-state index is 12.2. The fourth-order valence-corrected chi connectivity index (χ4v) is 2.63. The number of carbonyl (C=O) groups is 1. The summed E-state index contributed by atoms with van der Waals surface area (Å²) in [6, 6.07) is 7.68. The highest BCUT2D eigenvalue weighted by atomic mass is 35.5. The Morgan fingerprint density at radius 2 is 1.76 bits per heavy atom. The Bertz CT molecular complexity index is 682. The van der Waals surface area contributed by atoms with E-state index in [4.69, 9.17) is 45.3 Å². The van der Waals surface area contributed by atoms with Crippen LogP contribution >= 0.6 is 34.8 Å². The lowest BCUT2D eigenvalue weighted by Gasteiger charge is -2.11. The highest BCUT2D eigenvalue weighted by Crippen LogP contribution is 2.34. The summed E-state index contributed by atoms with van der Waals surface area (Å²) < 4.78 is 5.04. The first-order valence-electron chi connectivity index (χ1n) is 5.81. The van der Waals surface area contributed by atoms with Crippen LogP contribution in [0.5, 0.6) is 5.75 Å². The van der Waals surface area contributed by atoms with Crippen LogP contribution in [0.25, 0.3) is 0 Å². The quantitative estimate of drug-likeness (QED) is 0.806. The number of anilines is 2. The summed E-state index contributed by atoms with van der Waals surface area (Å²) in [5.74, 6) is 0.101. The van der Waals surface area contributed by atoms with Gasteiger partial charge in [0.05, 0.1) is 28.5 Å². The summed E-state index contributed by atoms with van der Waals surface area (Å²) in [7, 11) is 1.50. The molecule has 2 aromatic carbocycles. The Balaban J connectivity index is 2.28. The molecule has 2 rings (SSSR count). The Morgan fingerprint density at radius 1 is 1.14 bits per heavy atom. The largest absolute Gasteiger partial charge is 0.495 e. The predicted molar refractivity (Wildman–Crippen MR) is 86.8 cm³/mol. The molecule has 110 valence electrons. The molecule has 0 aliphatic heterocycles. The number of nitrogens with two attached hydrogens (primary N) is 1. The van der Waals surface area contributed by atoms with Crippen molar-refractivity contribution >= 4 is 52.1 Å². The zero-order valence-corrected chi connectivity index (χ0v) is 13.2. The van der Waals surface area contributed by atoms with Gasteiger partial charge in [0, 0.05) is 10.6 Å². The second-order valence-electron chi connectivity index (χ2n) is 4.16. The molecule has 0 aromatic heterocycles. The van der Waals surface area contributed by atoms with Gasteiger partial charge in [-0.25, -0.2) is 0 Å². The van der Waals surface area contributed by atoms with Gasteiger partial charge in [0.2, 0.25) is 0 Å². The predicted octanol–water partition coefficient (Wildman–Crippen LogP) is 4.49. The van der Waals surface area contributed by atoms with Crippen molar-refractivity contribution in [2.45, 2.75) is 0 Å². The van der Waals surface area contributed by atoms with E-state index < -0.39 is 5.91 Å². The second-order valence-corrected chi connectivity index (χ2v) is 5.41. The lowest BCUT2D eigenvalue weighted by molar-refractivity contribution is 0.102. The fourth-order valence-electron chi connectivity index (χ4n) is 1.72. The number of carbonyl (C=O) groups excluding carboxylic acids is 1. The zero-order chi connectivity index (χ0) is 15.6. The van der Waals surface area contributed by atoms with Gasteiger partial charge in [0.25, 0.3) is 5.91 Å². The van der Waals surface area contributed by atoms with E-state index in [2.05, 4.69) is 5.32 Å². The van der Waals surface area contributed by atoms with Crippen molar-refractivity contribution in [3.8, 4) is 5.75 Å². The van der Waals surface area contributed by atoms with Gasteiger partial charge in [0.15, 0.2) is 0 Å². The van der Waals surface area contributed by atoms with Crippen LogP contribution in [0.2, 0.25) is 15.1 Å². The lowest BCUT2D eigenvalue weighted by Crippen LogP contribution is -2.13. The molecule has 0 heterocycles. The second kappa shape index (κ2) is 6.43. The topological polar surface area (TPSA) is 64.3 Å². The minimum atomic E-state index is -0.393. The van der Waals surface area contributed by atoms with Crippen LogP contribution in [0.3, 0.4) is 0 Å². The van der Waals surface area contributed by atoms with E-state index in [0.717, 1.165) is 0 Å². The molecule has 7 heteroatoms. The molecular formula is C14H11Cl3N2O2. The van der Waals surface area contributed by atoms with E-state index in [1.54, 1.807) is 12.1 Å². The molecule has 0 unspecified atom stereocenters. The molecular weight excluding hydrogens is 335 g/mol. The number of methoxy groups -OCH3 is 1. The number of hydrogen-bond donors (Lipinski definition) is 2. The van der Waals surface area contributed by atoms with Crippen molar-refractivity contribution in [2.24, 2.45) is 0 Å². The zero-order valence-electron chi connectivity index (χ0n) is 10.9. The van der Waals surface area contributed by atoms with Crippen LogP contribution in [0.4, 0.5) is 11.4 Å². The maximum atomic E-state index is 12.2. The fraction of sp³-hybridized carbons (Fsp3) is 0.0714. The summed E-state index contributed by atoms with van der Waals surface area (Å²) in [5.41, 5.74) is 6.78. The molecule has 0 spiro atoms. The van der Waals surface area contributed by atoms with Crippen molar-refractivity contribution in [1.29, 1.82) is 0 Å². The van der Waals surface area contributed by atoms with Crippen LogP contribution in [-0.2, 0) is 0 Å². The van der Waals surface area contributed by atoms with E-state index in [1.807, 2.05) is 0 Å². The van der Waals surface area contributed by atoms with Crippen molar-refractivity contribution in [3.63, 3.8) is 0 Å². The first-order chi connectivity index (χ1) is 9.92. The summed E-state index contributed by atoms with van der Waals surface area (Å²) in [6.07, 6.45) is 0. The molecule has 0 aliphatic rings. The SMILES string of the molecule is COc1ccc(C(=O)Nc2c(Cl)cc(Cl)cc2Cl)cc1N. The average Bonchev–Trinajstić information content (AvgIpc) is 2.42. The Morgan fingerprint density at radius 3 is 2.29 bits per heavy atom. The van der Waals surface area contributed by atoms with E-state index in [9.17, 15) is 4.79 Å². The number of nitrogen functional groups attached to an aromatic ring is 1. The Kier molecular flexibility index (Phi) is 4.83. The van der Waals surface area contributed by atoms with Gasteiger partial charge in [0.1, 0.15) is 5.75 Å². The normalized spacial score (nSPS) is 10.3. The van der Waals surface area contributed by atoms with Crippen LogP contribution in [-0.4, -0.2) is 13.0 Å². The highest BCUT2D eigenvalue weighted by molar-refractivity contribution is 6.42. The highest BCUT2D eigenvalue weighted by Gasteiger charge is 2.14. The number of halogens is 3. The number of amides is 1. The third-order valence-electron chi connectivity index (χ3n) is 2.74. The van der Waals surface area contributed by atoms with Crippen LogP contribution < -0.4 is 15.8 Å². The number of rotatable bonds is 3. The molecule has 1 amide bonds. The van der Waals surface area contributed by atoms with Crippen LogP contribution in [0, 0.1) is 0 Å². The molecule has 21 heavy (non-hydrogen) atoms. The van der Waals surface area contributed by atoms with Crippen molar-refractivity contribution in [3.05, 3.63) is 51.0 Å². The number of benzene rings is 2. The van der Waals surface area contributed by atoms with E-state index in [0.29, 0.717) is 27.7 Å². The molecule has 0 fully saturated rings. The molecule has 4 nitrogen and oxygen atoms in total. The van der Waals surface area contributed by atoms with Crippen molar-refractivity contribution in [1.82, 2.24) is 0 Å². The van der Waals surface area contributed by atoms with E-state index in [-0.39, 0.29) is 10.0 Å². The molecule has 2 aromatic rings. The number of nitrogens with one attached hydrogen (secondary N) is 1. The molecule has 0 radical (unpaired) electrons. The lowest BCUT2D eigenvalue weighted by atomic mass is 10.1. The monoisotopic (exact) mass is 344 g/mol. The van der Waals surface area contributed by atoms with E-state index in [1.165, 1.54) is 25.3 Å². The minimum absolute atomic E-state index is 0.252. The third kappa shape index (κ3) is 3.53. The molecule has 0 saturated heterocycles. The summed E-state index contributed by atoms with van der Waals surface area (Å²) in [4.78, 5) is 12.2. The van der Waals surface area contributed by atoms with Gasteiger partial charge in [-0.1, -0.05) is 34.8 Å². The Hall–Kier alpha value is -1.62. The summed E-state index contributed by atoms with van der Waals surface area (Å²) in [5, 5.41) is 3.52. The minimum Gasteiger partial charge on any atom is -0.495 e. The molecule has 0 saturated carbocycles. The smallest absolute Gasteiger partial charge is 0.255 e. The molecule has 0 bridgehead atoms. The third-order valence-corrected chi connectivity index (χ3v) is 3.55. The van der Waals surface area contributed by atoms with Gasteiger partial charge < -0.3 is 15.8 Å². The first kappa shape index (κ1) is 15.8. The van der Waals surface area contributed by atoms with Crippen molar-refractivity contribution < 1.29 is 9.53 Å². The number of ether oxygens (including phenoxy) is 1. The number of hydrogen-bond acceptors (Lipinski definition) is 3. The maximum Gasteiger partial charge on any atom is 0.255 e. The van der Waals surface area contributed by atoms with Crippen LogP contribution in [0.15, 0.2) is 30.3 Å². The molecule has 3 N–H and O–H groups in total. The van der Waals surface area contributed by atoms with Crippen LogP contribution in [0.1, 0.15) is 10.4 Å². The van der Waals surface area contributed by atoms with Gasteiger partial charge in [-0.15, -0.1) is 0 Å². The Labute approximate surface area is 136 Å². The van der Waals surface area contributed by atoms with Gasteiger partial charge in [-0.05, 0) is 30.3 Å². The first-order valence-corrected chi connectivity index (χ1v) is 6.95. The van der Waals surface area contributed by atoms with Gasteiger partial charge >= 0.3 is 0 Å². The molecule has 0 atom stereocenters. The van der Waals surface area contributed by atoms with E-state index >= 15 is 0 Å². The van der Waals surface area contributed by atoms with Gasteiger partial charge in [-0.2, -0.15) is 0 Å².